The first kappa shape index (κ1) is 51.4. The number of aryl methyl sites for hydroxylation is 4. The van der Waals surface area contributed by atoms with Crippen molar-refractivity contribution in [2.45, 2.75) is 114 Å². The van der Waals surface area contributed by atoms with Crippen LogP contribution in [0.25, 0.3) is 0 Å². The van der Waals surface area contributed by atoms with Gasteiger partial charge in [0.05, 0.1) is 50.3 Å². The third kappa shape index (κ3) is 12.7. The molecule has 2 saturated heterocycles. The van der Waals surface area contributed by atoms with Gasteiger partial charge in [0, 0.05) is 51.4 Å². The molecular weight excluding hydrogens is 909 g/mol. The summed E-state index contributed by atoms with van der Waals surface area (Å²) in [6, 6.07) is 6.25. The molecule has 23 heteroatoms. The Labute approximate surface area is 392 Å². The topological polar surface area (TPSA) is 243 Å². The number of sulfonamides is 2. The van der Waals surface area contributed by atoms with Crippen LogP contribution < -0.4 is 14.8 Å². The molecule has 0 saturated carbocycles. The normalized spacial score (nSPS) is 18.9. The highest BCUT2D eigenvalue weighted by atomic mass is 32.2. The van der Waals surface area contributed by atoms with Crippen LogP contribution in [0.3, 0.4) is 0 Å². The number of hydrogen-bond acceptors (Lipinski definition) is 15. The molecule has 2 aromatic carbocycles. The van der Waals surface area contributed by atoms with Crippen molar-refractivity contribution in [1.82, 2.24) is 48.4 Å². The Bertz CT molecular complexity index is 2480. The lowest BCUT2D eigenvalue weighted by Crippen LogP contribution is -2.47. The maximum atomic E-state index is 13.6. The molecule has 4 aliphatic heterocycles. The molecule has 0 spiro atoms. The van der Waals surface area contributed by atoms with Gasteiger partial charge in [-0.3, -0.25) is 4.79 Å². The number of rotatable bonds is 14. The summed E-state index contributed by atoms with van der Waals surface area (Å²) in [6.07, 6.45) is 8.21. The molecule has 6 heterocycles. The molecule has 8 rings (SSSR count). The van der Waals surface area contributed by atoms with Gasteiger partial charge in [-0.15, -0.1) is 20.4 Å². The van der Waals surface area contributed by atoms with Gasteiger partial charge in [0.1, 0.15) is 43.2 Å². The summed E-state index contributed by atoms with van der Waals surface area (Å²) in [5.74, 6) is 1.86. The number of carbonyl (C=O) groups excluding carboxylic acids is 1. The van der Waals surface area contributed by atoms with Crippen molar-refractivity contribution in [1.29, 1.82) is 0 Å². The van der Waals surface area contributed by atoms with Crippen LogP contribution >= 0.6 is 0 Å². The molecule has 2 atom stereocenters. The highest BCUT2D eigenvalue weighted by molar-refractivity contribution is 7.89. The van der Waals surface area contributed by atoms with Gasteiger partial charge in [-0.2, -0.15) is 8.61 Å². The van der Waals surface area contributed by atoms with Gasteiger partial charge in [-0.1, -0.05) is 12.8 Å². The second kappa shape index (κ2) is 23.3. The minimum Gasteiger partial charge on any atom is -0.497 e. The maximum Gasteiger partial charge on any atom is 0.329 e. The lowest BCUT2D eigenvalue weighted by atomic mass is 10.1. The molecule has 0 aliphatic carbocycles. The van der Waals surface area contributed by atoms with Crippen LogP contribution in [-0.4, -0.2) is 156 Å². The van der Waals surface area contributed by atoms with E-state index in [9.17, 15) is 26.4 Å². The first-order valence-electron chi connectivity index (χ1n) is 22.5. The van der Waals surface area contributed by atoms with Gasteiger partial charge in [-0.25, -0.2) is 21.6 Å². The molecule has 0 radical (unpaired) electrons. The number of carboxylic acids is 1. The number of benzene rings is 2. The molecule has 2 N–H and O–H groups in total. The van der Waals surface area contributed by atoms with E-state index in [1.165, 1.54) is 4.31 Å². The van der Waals surface area contributed by atoms with E-state index in [2.05, 4.69) is 30.3 Å². The van der Waals surface area contributed by atoms with E-state index in [-0.39, 0.29) is 37.8 Å². The van der Waals surface area contributed by atoms with Gasteiger partial charge in [0.15, 0.2) is 5.82 Å². The summed E-state index contributed by atoms with van der Waals surface area (Å²) in [5.41, 5.74) is 2.58. The third-order valence-electron chi connectivity index (χ3n) is 12.2. The first-order valence-corrected chi connectivity index (χ1v) is 25.4. The van der Waals surface area contributed by atoms with Crippen molar-refractivity contribution in [3.8, 4) is 11.5 Å². The highest BCUT2D eigenvalue weighted by Crippen LogP contribution is 2.33. The van der Waals surface area contributed by atoms with Crippen LogP contribution in [0.1, 0.15) is 72.4 Å². The zero-order chi connectivity index (χ0) is 48.3. The minimum absolute atomic E-state index is 0.0831. The number of aliphatic carboxylic acids is 1. The quantitative estimate of drug-likeness (QED) is 0.185. The molecule has 67 heavy (non-hydrogen) atoms. The number of amides is 1. The molecule has 368 valence electrons. The Morgan fingerprint density at radius 2 is 1.15 bits per heavy atom. The average molecular weight is 973 g/mol. The Kier molecular flexibility index (Phi) is 17.9. The summed E-state index contributed by atoms with van der Waals surface area (Å²) in [7, 11) is -4.30. The standard InChI is InChI=1S/C22H31N5O5S.C17H25NO6S.C5H8N4/c1-16-10-19(31-3)11-17(2)22(16)33(29,30)27-7-5-4-6-18(27)13-32-14-21(28)25-8-9-26-15-23-24-20(26)12-25;1-12-8-15(23-3)9-13(2)17(12)25(21,22)18-7-5-4-6-14(18)10-24-11-16(19)20;1-2-9-4-7-8-5(9)3-6-1/h10-11,15,18H,4-9,12-14H2,1-3H3;8-9,14H,4-7,10-11H2,1-3H3,(H,19,20);4,6H,1-3H2. The summed E-state index contributed by atoms with van der Waals surface area (Å²) < 4.78 is 82.1. The molecule has 4 aliphatic rings. The Morgan fingerprint density at radius 1 is 0.672 bits per heavy atom. The molecule has 21 nitrogen and oxygen atoms in total. The number of ether oxygens (including phenoxy) is 4. The molecule has 1 amide bonds. The van der Waals surface area contributed by atoms with Crippen molar-refractivity contribution >= 4 is 31.9 Å². The second-order valence-electron chi connectivity index (χ2n) is 17.0. The monoisotopic (exact) mass is 972 g/mol. The van der Waals surface area contributed by atoms with Gasteiger partial charge >= 0.3 is 5.97 Å². The number of carboxylic acid groups (broad SMARTS) is 1. The number of methoxy groups -OCH3 is 2. The molecule has 4 aromatic rings. The summed E-state index contributed by atoms with van der Waals surface area (Å²) in [6.45, 7) is 12.2. The average Bonchev–Trinajstić information content (AvgIpc) is 3.99. The van der Waals surface area contributed by atoms with Gasteiger partial charge in [0.25, 0.3) is 0 Å². The molecule has 2 unspecified atom stereocenters. The van der Waals surface area contributed by atoms with Crippen LogP contribution in [0.15, 0.2) is 46.7 Å². The van der Waals surface area contributed by atoms with Crippen LogP contribution in [0, 0.1) is 27.7 Å². The van der Waals surface area contributed by atoms with Gasteiger partial charge in [0.2, 0.25) is 26.0 Å². The first-order chi connectivity index (χ1) is 32.0. The van der Waals surface area contributed by atoms with E-state index in [0.717, 1.165) is 57.0 Å². The Balaban J connectivity index is 0.000000190. The number of aromatic nitrogens is 6. The lowest BCUT2D eigenvalue weighted by Gasteiger charge is -2.35. The van der Waals surface area contributed by atoms with E-state index < -0.39 is 32.6 Å². The fraction of sp³-hybridized carbons (Fsp3) is 0.591. The van der Waals surface area contributed by atoms with Crippen LogP contribution in [-0.2, 0) is 65.3 Å². The highest BCUT2D eigenvalue weighted by Gasteiger charge is 2.37. The molecule has 2 aromatic heterocycles. The van der Waals surface area contributed by atoms with E-state index in [0.29, 0.717) is 89.1 Å². The van der Waals surface area contributed by atoms with Crippen molar-refractivity contribution in [2.75, 3.05) is 66.8 Å². The number of fused-ring (bicyclic) bond motifs is 2. The fourth-order valence-electron chi connectivity index (χ4n) is 8.96. The van der Waals surface area contributed by atoms with E-state index in [4.69, 9.17) is 24.1 Å². The molecular formula is C44H64N10O11S2. The third-order valence-corrected chi connectivity index (χ3v) is 16.7. The molecule has 2 fully saturated rings. The predicted molar refractivity (Wildman–Crippen MR) is 244 cm³/mol. The van der Waals surface area contributed by atoms with E-state index >= 15 is 0 Å². The van der Waals surface area contributed by atoms with Crippen molar-refractivity contribution < 1.29 is 50.5 Å². The van der Waals surface area contributed by atoms with Gasteiger partial charge < -0.3 is 43.4 Å². The smallest absolute Gasteiger partial charge is 0.329 e. The van der Waals surface area contributed by atoms with Crippen LogP contribution in [0.4, 0.5) is 0 Å². The van der Waals surface area contributed by atoms with Crippen molar-refractivity contribution in [3.05, 3.63) is 70.8 Å². The number of piperidine rings is 2. The summed E-state index contributed by atoms with van der Waals surface area (Å²) in [4.78, 5) is 25.6. The minimum atomic E-state index is -3.71. The largest absolute Gasteiger partial charge is 0.497 e. The number of nitrogens with one attached hydrogen (secondary N) is 1. The Hall–Kier alpha value is -5.04. The fourth-order valence-corrected chi connectivity index (χ4v) is 13.1. The maximum absolute atomic E-state index is 13.6. The SMILES string of the molecule is COc1cc(C)c(S(=O)(=O)N2CCCCC2COCC(=O)N2CCn3cnnc3C2)c(C)c1.COc1cc(C)c(S(=O)(=O)N2CCCCC2COCC(=O)O)c(C)c1.c1nnc2n1CCNC2. The lowest BCUT2D eigenvalue weighted by molar-refractivity contribution is -0.142. The zero-order valence-corrected chi connectivity index (χ0v) is 40.9. The molecule has 0 bridgehead atoms. The van der Waals surface area contributed by atoms with Crippen molar-refractivity contribution in [3.63, 3.8) is 0 Å². The number of hydrogen-bond donors (Lipinski definition) is 2. The van der Waals surface area contributed by atoms with Crippen molar-refractivity contribution in [2.24, 2.45) is 0 Å². The zero-order valence-electron chi connectivity index (χ0n) is 39.2. The van der Waals surface area contributed by atoms with Crippen LogP contribution in [0.2, 0.25) is 0 Å². The van der Waals surface area contributed by atoms with E-state index in [1.54, 1.807) is 88.0 Å². The van der Waals surface area contributed by atoms with Gasteiger partial charge in [-0.05, 0) is 99.9 Å². The number of nitrogens with zero attached hydrogens (tertiary/aromatic N) is 9. The summed E-state index contributed by atoms with van der Waals surface area (Å²) >= 11 is 0. The van der Waals surface area contributed by atoms with Crippen LogP contribution in [0.5, 0.6) is 11.5 Å². The Morgan fingerprint density at radius 3 is 1.63 bits per heavy atom. The predicted octanol–water partition coefficient (Wildman–Crippen LogP) is 2.84. The number of carbonyl (C=O) groups is 2. The van der Waals surface area contributed by atoms with E-state index in [1.807, 2.05) is 4.57 Å². The summed E-state index contributed by atoms with van der Waals surface area (Å²) in [5, 5.41) is 27.5. The second-order valence-corrected chi connectivity index (χ2v) is 20.7.